The summed E-state index contributed by atoms with van der Waals surface area (Å²) in [5.41, 5.74) is -1.23. The van der Waals surface area contributed by atoms with Crippen LogP contribution in [0.1, 0.15) is 70.3 Å². The molecule has 0 bridgehead atoms. The largest absolute Gasteiger partial charge is 0.465 e. The molecule has 2 atom stereocenters. The van der Waals surface area contributed by atoms with Crippen LogP contribution in [0.2, 0.25) is 0 Å². The number of carbonyl (C=O) groups excluding carboxylic acids is 2. The molecule has 2 rings (SSSR count). The SMILES string of the molecule is CCCCCCCOC(=O)C1CCCCC1C(=O)OCc1c(F)c(F)c(F)c(F)c1F. The highest BCUT2D eigenvalue weighted by molar-refractivity contribution is 5.82. The molecule has 0 N–H and O–H groups in total. The van der Waals surface area contributed by atoms with Crippen LogP contribution in [0.5, 0.6) is 0 Å². The number of ether oxygens (including phenoxy) is 2. The van der Waals surface area contributed by atoms with E-state index in [9.17, 15) is 31.5 Å². The second-order valence-electron chi connectivity index (χ2n) is 7.74. The zero-order chi connectivity index (χ0) is 23.0. The zero-order valence-corrected chi connectivity index (χ0v) is 17.5. The van der Waals surface area contributed by atoms with E-state index < -0.39 is 65.0 Å². The van der Waals surface area contributed by atoms with Crippen LogP contribution in [0, 0.1) is 40.9 Å². The van der Waals surface area contributed by atoms with E-state index in [2.05, 4.69) is 6.92 Å². The molecular weight excluding hydrogens is 423 g/mol. The second-order valence-corrected chi connectivity index (χ2v) is 7.74. The normalized spacial score (nSPS) is 18.6. The predicted molar refractivity (Wildman–Crippen MR) is 101 cm³/mol. The van der Waals surface area contributed by atoms with E-state index in [1.165, 1.54) is 0 Å². The Balaban J connectivity index is 1.96. The highest BCUT2D eigenvalue weighted by Crippen LogP contribution is 2.33. The maximum Gasteiger partial charge on any atom is 0.310 e. The number of halogens is 5. The Morgan fingerprint density at radius 1 is 0.742 bits per heavy atom. The van der Waals surface area contributed by atoms with Crippen molar-refractivity contribution in [3.63, 3.8) is 0 Å². The average Bonchev–Trinajstić information content (AvgIpc) is 2.78. The Morgan fingerprint density at radius 3 is 1.77 bits per heavy atom. The van der Waals surface area contributed by atoms with Gasteiger partial charge in [0.1, 0.15) is 6.61 Å². The number of carbonyl (C=O) groups is 2. The summed E-state index contributed by atoms with van der Waals surface area (Å²) >= 11 is 0. The molecule has 1 saturated carbocycles. The van der Waals surface area contributed by atoms with Gasteiger partial charge in [-0.05, 0) is 19.3 Å². The molecule has 1 aromatic carbocycles. The topological polar surface area (TPSA) is 52.6 Å². The molecule has 0 aliphatic heterocycles. The summed E-state index contributed by atoms with van der Waals surface area (Å²) in [6.07, 6.45) is 6.95. The van der Waals surface area contributed by atoms with E-state index in [0.29, 0.717) is 32.1 Å². The molecule has 4 nitrogen and oxygen atoms in total. The Bertz CT molecular complexity index is 755. The van der Waals surface area contributed by atoms with Crippen molar-refractivity contribution >= 4 is 11.9 Å². The summed E-state index contributed by atoms with van der Waals surface area (Å²) in [6.45, 7) is 1.21. The third kappa shape index (κ3) is 6.40. The molecule has 1 aromatic rings. The smallest absolute Gasteiger partial charge is 0.310 e. The number of esters is 2. The van der Waals surface area contributed by atoms with Crippen LogP contribution in [0.4, 0.5) is 22.0 Å². The molecule has 2 unspecified atom stereocenters. The van der Waals surface area contributed by atoms with Crippen molar-refractivity contribution in [3.05, 3.63) is 34.6 Å². The summed E-state index contributed by atoms with van der Waals surface area (Å²) in [6, 6.07) is 0. The minimum Gasteiger partial charge on any atom is -0.465 e. The van der Waals surface area contributed by atoms with Crippen LogP contribution in [0.3, 0.4) is 0 Å². The molecule has 31 heavy (non-hydrogen) atoms. The fourth-order valence-electron chi connectivity index (χ4n) is 3.71. The summed E-state index contributed by atoms with van der Waals surface area (Å²) in [5.74, 6) is -13.7. The van der Waals surface area contributed by atoms with Gasteiger partial charge < -0.3 is 9.47 Å². The molecule has 0 saturated heterocycles. The minimum atomic E-state index is -2.28. The van der Waals surface area contributed by atoms with Crippen molar-refractivity contribution in [1.29, 1.82) is 0 Å². The maximum absolute atomic E-state index is 13.8. The molecule has 1 aliphatic rings. The van der Waals surface area contributed by atoms with Gasteiger partial charge in [0.2, 0.25) is 5.82 Å². The van der Waals surface area contributed by atoms with Crippen LogP contribution in [-0.4, -0.2) is 18.5 Å². The first-order valence-electron chi connectivity index (χ1n) is 10.6. The number of hydrogen-bond donors (Lipinski definition) is 0. The fourth-order valence-corrected chi connectivity index (χ4v) is 3.71. The van der Waals surface area contributed by atoms with Crippen LogP contribution in [0.15, 0.2) is 0 Å². The van der Waals surface area contributed by atoms with Gasteiger partial charge in [-0.3, -0.25) is 9.59 Å². The van der Waals surface area contributed by atoms with Gasteiger partial charge in [0, 0.05) is 0 Å². The first-order valence-corrected chi connectivity index (χ1v) is 10.6. The lowest BCUT2D eigenvalue weighted by Crippen LogP contribution is -2.35. The molecule has 0 aromatic heterocycles. The molecule has 0 radical (unpaired) electrons. The van der Waals surface area contributed by atoms with Gasteiger partial charge in [0.25, 0.3) is 0 Å². The van der Waals surface area contributed by atoms with E-state index in [1.54, 1.807) is 0 Å². The summed E-state index contributed by atoms with van der Waals surface area (Å²) in [7, 11) is 0. The highest BCUT2D eigenvalue weighted by atomic mass is 19.2. The third-order valence-electron chi connectivity index (χ3n) is 5.52. The molecule has 1 aliphatic carbocycles. The maximum atomic E-state index is 13.8. The zero-order valence-electron chi connectivity index (χ0n) is 17.5. The molecule has 1 fully saturated rings. The van der Waals surface area contributed by atoms with Gasteiger partial charge in [0.15, 0.2) is 23.3 Å². The number of rotatable bonds is 10. The van der Waals surface area contributed by atoms with Gasteiger partial charge in [-0.2, -0.15) is 0 Å². The summed E-state index contributed by atoms with van der Waals surface area (Å²) in [5, 5.41) is 0. The first kappa shape index (κ1) is 25.1. The van der Waals surface area contributed by atoms with Crippen molar-refractivity contribution in [3.8, 4) is 0 Å². The van der Waals surface area contributed by atoms with Crippen LogP contribution >= 0.6 is 0 Å². The van der Waals surface area contributed by atoms with E-state index in [1.807, 2.05) is 0 Å². The van der Waals surface area contributed by atoms with Gasteiger partial charge >= 0.3 is 11.9 Å². The molecule has 0 spiro atoms. The Kier molecular flexibility index (Phi) is 9.71. The monoisotopic (exact) mass is 450 g/mol. The Labute approximate surface area is 178 Å². The van der Waals surface area contributed by atoms with Crippen molar-refractivity contribution in [2.75, 3.05) is 6.61 Å². The number of hydrogen-bond acceptors (Lipinski definition) is 4. The first-order chi connectivity index (χ1) is 14.8. The van der Waals surface area contributed by atoms with Crippen molar-refractivity contribution < 1.29 is 41.0 Å². The lowest BCUT2D eigenvalue weighted by molar-refractivity contribution is -0.163. The summed E-state index contributed by atoms with van der Waals surface area (Å²) in [4.78, 5) is 24.9. The third-order valence-corrected chi connectivity index (χ3v) is 5.52. The van der Waals surface area contributed by atoms with Gasteiger partial charge in [-0.25, -0.2) is 22.0 Å². The molecule has 9 heteroatoms. The van der Waals surface area contributed by atoms with Crippen molar-refractivity contribution in [2.24, 2.45) is 11.8 Å². The molecular formula is C22H27F5O4. The Morgan fingerprint density at radius 2 is 1.23 bits per heavy atom. The Hall–Kier alpha value is -2.19. The van der Waals surface area contributed by atoms with Crippen LogP contribution < -0.4 is 0 Å². The van der Waals surface area contributed by atoms with E-state index in [-0.39, 0.29) is 6.61 Å². The standard InChI is InChI=1S/C22H27F5O4/c1-2-3-4-5-8-11-30-21(28)13-9-6-7-10-14(13)22(29)31-12-15-16(23)18(25)20(27)19(26)17(15)24/h13-14H,2-12H2,1H3. The van der Waals surface area contributed by atoms with Crippen molar-refractivity contribution in [1.82, 2.24) is 0 Å². The number of benzene rings is 1. The van der Waals surface area contributed by atoms with Crippen LogP contribution in [-0.2, 0) is 25.7 Å². The van der Waals surface area contributed by atoms with Gasteiger partial charge in [0.05, 0.1) is 24.0 Å². The second kappa shape index (κ2) is 12.0. The molecule has 0 amide bonds. The lowest BCUT2D eigenvalue weighted by Gasteiger charge is -2.28. The average molecular weight is 450 g/mol. The van der Waals surface area contributed by atoms with Crippen molar-refractivity contribution in [2.45, 2.75) is 71.3 Å². The van der Waals surface area contributed by atoms with Gasteiger partial charge in [-0.1, -0.05) is 45.4 Å². The van der Waals surface area contributed by atoms with Crippen LogP contribution in [0.25, 0.3) is 0 Å². The quantitative estimate of drug-likeness (QED) is 0.150. The lowest BCUT2D eigenvalue weighted by atomic mass is 9.79. The molecule has 174 valence electrons. The van der Waals surface area contributed by atoms with E-state index in [0.717, 1.165) is 25.7 Å². The number of unbranched alkanes of at least 4 members (excludes halogenated alkanes) is 4. The van der Waals surface area contributed by atoms with E-state index in [4.69, 9.17) is 9.47 Å². The predicted octanol–water partition coefficient (Wildman–Crippen LogP) is 5.75. The minimum absolute atomic E-state index is 0.241. The molecule has 0 heterocycles. The summed E-state index contributed by atoms with van der Waals surface area (Å²) < 4.78 is 77.4. The fraction of sp³-hybridized carbons (Fsp3) is 0.636. The van der Waals surface area contributed by atoms with E-state index >= 15 is 0 Å². The van der Waals surface area contributed by atoms with Gasteiger partial charge in [-0.15, -0.1) is 0 Å². The highest BCUT2D eigenvalue weighted by Gasteiger charge is 2.38.